The zero-order valence-electron chi connectivity index (χ0n) is 17.4. The Morgan fingerprint density at radius 2 is 1.56 bits per heavy atom. The van der Waals surface area contributed by atoms with Crippen molar-refractivity contribution in [3.63, 3.8) is 0 Å². The molecule has 3 nitrogen and oxygen atoms in total. The van der Waals surface area contributed by atoms with Gasteiger partial charge in [0.05, 0.1) is 13.2 Å². The first-order valence-electron chi connectivity index (χ1n) is 9.67. The van der Waals surface area contributed by atoms with E-state index in [0.29, 0.717) is 13.2 Å². The molecule has 0 aliphatic heterocycles. The Morgan fingerprint density at radius 3 is 2.22 bits per heavy atom. The number of carbonyl (C=O) groups excluding carboxylic acids is 1. The van der Waals surface area contributed by atoms with Crippen molar-refractivity contribution in [2.45, 2.75) is 54.4 Å². The Kier molecular flexibility index (Phi) is 7.86. The van der Waals surface area contributed by atoms with Gasteiger partial charge < -0.3 is 9.47 Å². The quantitative estimate of drug-likeness (QED) is 0.523. The van der Waals surface area contributed by atoms with Crippen LogP contribution in [0.2, 0.25) is 0 Å². The lowest BCUT2D eigenvalue weighted by molar-refractivity contribution is 0.108. The number of hydrogen-bond acceptors (Lipinski definition) is 3. The summed E-state index contributed by atoms with van der Waals surface area (Å²) in [7, 11) is 0.0309. The fraction of sp³-hybridized carbons (Fsp3) is 0.435. The third-order valence-corrected chi connectivity index (χ3v) is 5.88. The lowest BCUT2D eigenvalue weighted by Crippen LogP contribution is -2.11. The zero-order chi connectivity index (χ0) is 20.0. The molecule has 0 saturated heterocycles. The average molecular weight is 386 g/mol. The first-order valence-corrected chi connectivity index (χ1v) is 10.7. The first-order chi connectivity index (χ1) is 12.9. The Morgan fingerprint density at radius 1 is 0.889 bits per heavy atom. The van der Waals surface area contributed by atoms with Gasteiger partial charge in [0, 0.05) is 16.9 Å². The van der Waals surface area contributed by atoms with Crippen molar-refractivity contribution in [3.8, 4) is 11.5 Å². The van der Waals surface area contributed by atoms with Gasteiger partial charge in [0.2, 0.25) is 0 Å². The maximum Gasteiger partial charge on any atom is 0.186 e. The summed E-state index contributed by atoms with van der Waals surface area (Å²) in [6, 6.07) is 7.93. The van der Waals surface area contributed by atoms with Gasteiger partial charge in [0.25, 0.3) is 0 Å². The maximum absolute atomic E-state index is 13.1. The number of ether oxygens (including phenoxy) is 2. The summed E-state index contributed by atoms with van der Waals surface area (Å²) in [6.07, 6.45) is 1.88. The molecule has 1 unspecified atom stereocenters. The lowest BCUT2D eigenvalue weighted by Gasteiger charge is -2.16. The van der Waals surface area contributed by atoms with Crippen LogP contribution in [0.15, 0.2) is 24.3 Å². The highest BCUT2D eigenvalue weighted by Gasteiger charge is 2.18. The van der Waals surface area contributed by atoms with E-state index in [0.717, 1.165) is 46.3 Å². The molecule has 2 aromatic rings. The van der Waals surface area contributed by atoms with E-state index in [1.807, 2.05) is 32.0 Å². The number of benzene rings is 2. The van der Waals surface area contributed by atoms with Crippen LogP contribution in [0.25, 0.3) is 0 Å². The monoisotopic (exact) mass is 386 g/mol. The molecule has 0 saturated carbocycles. The van der Waals surface area contributed by atoms with E-state index in [1.165, 1.54) is 11.1 Å². The summed E-state index contributed by atoms with van der Waals surface area (Å²) < 4.78 is 11.6. The van der Waals surface area contributed by atoms with Gasteiger partial charge in [0.15, 0.2) is 5.52 Å². The molecule has 0 aromatic heterocycles. The van der Waals surface area contributed by atoms with Crippen LogP contribution in [0, 0.1) is 27.7 Å². The van der Waals surface area contributed by atoms with Gasteiger partial charge in [-0.25, -0.2) is 0 Å². The van der Waals surface area contributed by atoms with E-state index in [2.05, 4.69) is 33.8 Å². The molecule has 0 radical (unpaired) electrons. The van der Waals surface area contributed by atoms with Gasteiger partial charge in [0.1, 0.15) is 11.5 Å². The molecule has 0 fully saturated rings. The number of rotatable bonds is 9. The molecule has 0 heterocycles. The van der Waals surface area contributed by atoms with Crippen molar-refractivity contribution in [1.29, 1.82) is 0 Å². The summed E-state index contributed by atoms with van der Waals surface area (Å²) in [6.45, 7) is 13.7. The molecule has 1 atom stereocenters. The summed E-state index contributed by atoms with van der Waals surface area (Å²) in [4.78, 5) is 13.1. The Bertz CT molecular complexity index is 812. The summed E-state index contributed by atoms with van der Waals surface area (Å²) in [5.74, 6) is 1.55. The predicted molar refractivity (Wildman–Crippen MR) is 116 cm³/mol. The van der Waals surface area contributed by atoms with E-state index < -0.39 is 0 Å². The molecular formula is C23H31O3P. The molecule has 0 bridgehead atoms. The highest BCUT2D eigenvalue weighted by molar-refractivity contribution is 7.66. The molecule has 2 aromatic carbocycles. The smallest absolute Gasteiger partial charge is 0.186 e. The molecular weight excluding hydrogens is 355 g/mol. The summed E-state index contributed by atoms with van der Waals surface area (Å²) in [5, 5.41) is 0.939. The van der Waals surface area contributed by atoms with E-state index in [-0.39, 0.29) is 14.1 Å². The maximum atomic E-state index is 13.1. The summed E-state index contributed by atoms with van der Waals surface area (Å²) in [5.41, 5.74) is 5.57. The first kappa shape index (κ1) is 21.4. The standard InChI is InChI=1S/C23H31O3P/c1-7-11-25-19-9-10-21(20(14-19)26-12-8-2)27-23(24)22-16(4)13-15(3)17(5)18(22)6/h9-10,13-14,27H,7-8,11-12H2,1-6H3. The van der Waals surface area contributed by atoms with Crippen molar-refractivity contribution in [3.05, 3.63) is 52.1 Å². The lowest BCUT2D eigenvalue weighted by atomic mass is 9.95. The Hall–Kier alpha value is -1.86. The van der Waals surface area contributed by atoms with E-state index in [1.54, 1.807) is 0 Å². The zero-order valence-corrected chi connectivity index (χ0v) is 18.4. The van der Waals surface area contributed by atoms with Crippen molar-refractivity contribution in [2.75, 3.05) is 13.2 Å². The largest absolute Gasteiger partial charge is 0.493 e. The molecule has 0 N–H and O–H groups in total. The van der Waals surface area contributed by atoms with E-state index >= 15 is 0 Å². The van der Waals surface area contributed by atoms with Crippen molar-refractivity contribution < 1.29 is 14.3 Å². The van der Waals surface area contributed by atoms with Gasteiger partial charge in [-0.3, -0.25) is 4.79 Å². The number of aryl methyl sites for hydroxylation is 2. The minimum absolute atomic E-state index is 0.0309. The van der Waals surface area contributed by atoms with Crippen LogP contribution in [0.1, 0.15) is 59.3 Å². The van der Waals surface area contributed by atoms with Crippen molar-refractivity contribution in [2.24, 2.45) is 0 Å². The van der Waals surface area contributed by atoms with Crippen LogP contribution >= 0.6 is 8.58 Å². The van der Waals surface area contributed by atoms with E-state index in [4.69, 9.17) is 9.47 Å². The van der Waals surface area contributed by atoms with Gasteiger partial charge in [-0.05, 0) is 83.5 Å². The third kappa shape index (κ3) is 5.32. The van der Waals surface area contributed by atoms with Crippen LogP contribution in [-0.4, -0.2) is 18.7 Å². The van der Waals surface area contributed by atoms with Gasteiger partial charge in [-0.15, -0.1) is 0 Å². The average Bonchev–Trinajstić information content (AvgIpc) is 2.64. The molecule has 27 heavy (non-hydrogen) atoms. The Balaban J connectivity index is 2.33. The highest BCUT2D eigenvalue weighted by Crippen LogP contribution is 2.31. The second-order valence-electron chi connectivity index (χ2n) is 6.94. The fourth-order valence-corrected chi connectivity index (χ4v) is 4.25. The van der Waals surface area contributed by atoms with Crippen LogP contribution in [0.4, 0.5) is 0 Å². The Labute approximate surface area is 165 Å². The van der Waals surface area contributed by atoms with Gasteiger partial charge in [-0.1, -0.05) is 19.9 Å². The molecule has 0 aliphatic rings. The number of hydrogen-bond donors (Lipinski definition) is 0. The highest BCUT2D eigenvalue weighted by atomic mass is 31.1. The molecule has 4 heteroatoms. The van der Waals surface area contributed by atoms with Crippen molar-refractivity contribution in [1.82, 2.24) is 0 Å². The molecule has 0 spiro atoms. The summed E-state index contributed by atoms with van der Waals surface area (Å²) >= 11 is 0. The third-order valence-electron chi connectivity index (χ3n) is 4.72. The van der Waals surface area contributed by atoms with Crippen molar-refractivity contribution >= 4 is 19.4 Å². The molecule has 2 rings (SSSR count). The fourth-order valence-electron chi connectivity index (χ4n) is 3.07. The molecule has 0 aliphatic carbocycles. The minimum Gasteiger partial charge on any atom is -0.493 e. The number of carbonyl (C=O) groups is 1. The van der Waals surface area contributed by atoms with E-state index in [9.17, 15) is 4.79 Å². The topological polar surface area (TPSA) is 35.5 Å². The van der Waals surface area contributed by atoms with Crippen LogP contribution in [-0.2, 0) is 0 Å². The second-order valence-corrected chi connectivity index (χ2v) is 8.19. The van der Waals surface area contributed by atoms with Crippen LogP contribution < -0.4 is 14.8 Å². The van der Waals surface area contributed by atoms with Gasteiger partial charge >= 0.3 is 0 Å². The minimum atomic E-state index is 0.0309. The van der Waals surface area contributed by atoms with Crippen LogP contribution in [0.5, 0.6) is 11.5 Å². The second kappa shape index (κ2) is 9.90. The SMILES string of the molecule is CCCOc1ccc(PC(=O)c2c(C)cc(C)c(C)c2C)c(OCCC)c1. The molecule has 146 valence electrons. The predicted octanol–water partition coefficient (Wildman–Crippen LogP) is 5.64. The van der Waals surface area contributed by atoms with Gasteiger partial charge in [-0.2, -0.15) is 0 Å². The normalized spacial score (nSPS) is 11.2. The van der Waals surface area contributed by atoms with Crippen LogP contribution in [0.3, 0.4) is 0 Å². The molecule has 0 amide bonds.